The van der Waals surface area contributed by atoms with Gasteiger partial charge in [-0.1, -0.05) is 50.2 Å². The van der Waals surface area contributed by atoms with Crippen molar-refractivity contribution in [1.82, 2.24) is 5.32 Å². The number of hydrogen-bond donors (Lipinski definition) is 2. The Morgan fingerprint density at radius 1 is 0.964 bits per heavy atom. The average Bonchev–Trinajstić information content (AvgIpc) is 2.70. The molecule has 0 aliphatic carbocycles. The van der Waals surface area contributed by atoms with Gasteiger partial charge < -0.3 is 20.3 Å². The van der Waals surface area contributed by atoms with Crippen LogP contribution in [0.2, 0.25) is 0 Å². The first kappa shape index (κ1) is 21.0. The minimum Gasteiger partial charge on any atom is -0.454 e. The van der Waals surface area contributed by atoms with E-state index in [1.807, 2.05) is 24.3 Å². The van der Waals surface area contributed by atoms with Gasteiger partial charge in [-0.25, -0.2) is 9.59 Å². The number of carbonyl (C=O) groups excluding carboxylic acids is 3. The molecule has 0 aliphatic heterocycles. The standard InChI is InChI=1S/C21H25N3O4/c1-15(2)19(23-21(27)22-16-10-6-4-7-11-16)20(26)28-14-18(25)24(3)17-12-8-5-9-13-17/h4-13,15,19H,14H2,1-3H3,(H2,22,23,27)/t19-/m0/s1. The Labute approximate surface area is 164 Å². The lowest BCUT2D eigenvalue weighted by molar-refractivity contribution is -0.150. The van der Waals surface area contributed by atoms with Crippen LogP contribution in [0, 0.1) is 5.92 Å². The van der Waals surface area contributed by atoms with Crippen LogP contribution in [0.1, 0.15) is 13.8 Å². The van der Waals surface area contributed by atoms with Gasteiger partial charge in [0.05, 0.1) is 0 Å². The second-order valence-corrected chi connectivity index (χ2v) is 6.58. The molecule has 2 aromatic rings. The third-order valence-corrected chi connectivity index (χ3v) is 4.09. The predicted molar refractivity (Wildman–Crippen MR) is 108 cm³/mol. The zero-order valence-electron chi connectivity index (χ0n) is 16.2. The van der Waals surface area contributed by atoms with Gasteiger partial charge in [0.1, 0.15) is 6.04 Å². The maximum Gasteiger partial charge on any atom is 0.329 e. The molecule has 2 rings (SSSR count). The first-order valence-electron chi connectivity index (χ1n) is 8.99. The van der Waals surface area contributed by atoms with Crippen LogP contribution in [0.5, 0.6) is 0 Å². The van der Waals surface area contributed by atoms with E-state index in [4.69, 9.17) is 4.74 Å². The molecule has 0 aromatic heterocycles. The number of nitrogens with one attached hydrogen (secondary N) is 2. The van der Waals surface area contributed by atoms with E-state index < -0.39 is 24.6 Å². The van der Waals surface area contributed by atoms with Crippen LogP contribution in [-0.4, -0.2) is 37.6 Å². The topological polar surface area (TPSA) is 87.7 Å². The van der Waals surface area contributed by atoms with Crippen molar-refractivity contribution in [2.75, 3.05) is 23.9 Å². The Morgan fingerprint density at radius 2 is 1.54 bits per heavy atom. The van der Waals surface area contributed by atoms with Crippen molar-refractivity contribution in [3.63, 3.8) is 0 Å². The van der Waals surface area contributed by atoms with Crippen LogP contribution in [0.3, 0.4) is 0 Å². The Morgan fingerprint density at radius 3 is 2.11 bits per heavy atom. The second kappa shape index (κ2) is 10.1. The fourth-order valence-electron chi connectivity index (χ4n) is 2.44. The Bertz CT molecular complexity index is 794. The molecule has 0 bridgehead atoms. The van der Waals surface area contributed by atoms with Crippen molar-refractivity contribution < 1.29 is 19.1 Å². The number of anilines is 2. The third kappa shape index (κ3) is 6.12. The predicted octanol–water partition coefficient (Wildman–Crippen LogP) is 3.04. The molecule has 1 atom stereocenters. The van der Waals surface area contributed by atoms with Crippen molar-refractivity contribution in [3.05, 3.63) is 60.7 Å². The summed E-state index contributed by atoms with van der Waals surface area (Å²) in [6.07, 6.45) is 0. The summed E-state index contributed by atoms with van der Waals surface area (Å²) in [7, 11) is 1.61. The van der Waals surface area contributed by atoms with Crippen molar-refractivity contribution in [3.8, 4) is 0 Å². The van der Waals surface area contributed by atoms with Gasteiger partial charge in [-0.2, -0.15) is 0 Å². The summed E-state index contributed by atoms with van der Waals surface area (Å²) >= 11 is 0. The monoisotopic (exact) mass is 383 g/mol. The molecular weight excluding hydrogens is 358 g/mol. The minimum atomic E-state index is -0.876. The van der Waals surface area contributed by atoms with Gasteiger partial charge in [-0.05, 0) is 30.2 Å². The maximum atomic E-state index is 12.4. The number of ether oxygens (including phenoxy) is 1. The second-order valence-electron chi connectivity index (χ2n) is 6.58. The number of hydrogen-bond acceptors (Lipinski definition) is 4. The van der Waals surface area contributed by atoms with E-state index in [0.717, 1.165) is 0 Å². The molecule has 0 heterocycles. The number of likely N-dealkylation sites (N-methyl/N-ethyl adjacent to an activating group) is 1. The summed E-state index contributed by atoms with van der Waals surface area (Å²) in [5, 5.41) is 5.25. The van der Waals surface area contributed by atoms with Crippen LogP contribution in [-0.2, 0) is 14.3 Å². The van der Waals surface area contributed by atoms with E-state index in [-0.39, 0.29) is 11.8 Å². The fourth-order valence-corrected chi connectivity index (χ4v) is 2.44. The molecular formula is C21H25N3O4. The highest BCUT2D eigenvalue weighted by Gasteiger charge is 2.27. The minimum absolute atomic E-state index is 0.212. The molecule has 0 radical (unpaired) electrons. The Balaban J connectivity index is 1.89. The molecule has 7 nitrogen and oxygen atoms in total. The average molecular weight is 383 g/mol. The number of urea groups is 1. The summed E-state index contributed by atoms with van der Waals surface area (Å²) in [6.45, 7) is 3.16. The summed E-state index contributed by atoms with van der Waals surface area (Å²) in [4.78, 5) is 38.2. The van der Waals surface area contributed by atoms with Gasteiger partial charge in [0.2, 0.25) is 0 Å². The highest BCUT2D eigenvalue weighted by atomic mass is 16.5. The van der Waals surface area contributed by atoms with E-state index >= 15 is 0 Å². The number of para-hydroxylation sites is 2. The summed E-state index contributed by atoms with van der Waals surface area (Å²) in [5.74, 6) is -1.24. The highest BCUT2D eigenvalue weighted by Crippen LogP contribution is 2.12. The van der Waals surface area contributed by atoms with Gasteiger partial charge in [-0.15, -0.1) is 0 Å². The van der Waals surface area contributed by atoms with Crippen molar-refractivity contribution in [2.45, 2.75) is 19.9 Å². The molecule has 7 heteroatoms. The Kier molecular flexibility index (Phi) is 7.56. The highest BCUT2D eigenvalue weighted by molar-refractivity contribution is 5.96. The van der Waals surface area contributed by atoms with Crippen LogP contribution in [0.15, 0.2) is 60.7 Å². The lowest BCUT2D eigenvalue weighted by Gasteiger charge is -2.22. The number of carbonyl (C=O) groups is 3. The van der Waals surface area contributed by atoms with Crippen molar-refractivity contribution >= 4 is 29.3 Å². The zero-order valence-corrected chi connectivity index (χ0v) is 16.2. The maximum absolute atomic E-state index is 12.4. The summed E-state index contributed by atoms with van der Waals surface area (Å²) in [6, 6.07) is 16.5. The lowest BCUT2D eigenvalue weighted by Crippen LogP contribution is -2.47. The first-order valence-corrected chi connectivity index (χ1v) is 8.99. The SMILES string of the molecule is CC(C)[C@H](NC(=O)Nc1ccccc1)C(=O)OCC(=O)N(C)c1ccccc1. The molecule has 0 unspecified atom stereocenters. The number of benzene rings is 2. The molecule has 0 spiro atoms. The van der Waals surface area contributed by atoms with Gasteiger partial charge in [0, 0.05) is 18.4 Å². The largest absolute Gasteiger partial charge is 0.454 e. The van der Waals surface area contributed by atoms with E-state index in [1.54, 1.807) is 57.3 Å². The number of rotatable bonds is 7. The number of nitrogens with zero attached hydrogens (tertiary/aromatic N) is 1. The molecule has 28 heavy (non-hydrogen) atoms. The fraction of sp³-hybridized carbons (Fsp3) is 0.286. The molecule has 2 aromatic carbocycles. The van der Waals surface area contributed by atoms with Gasteiger partial charge in [0.15, 0.2) is 6.61 Å². The first-order chi connectivity index (χ1) is 13.4. The van der Waals surface area contributed by atoms with E-state index in [9.17, 15) is 14.4 Å². The van der Waals surface area contributed by atoms with Gasteiger partial charge in [0.25, 0.3) is 5.91 Å². The van der Waals surface area contributed by atoms with Crippen LogP contribution < -0.4 is 15.5 Å². The van der Waals surface area contributed by atoms with E-state index in [0.29, 0.717) is 11.4 Å². The molecule has 2 N–H and O–H groups in total. The van der Waals surface area contributed by atoms with Gasteiger partial charge >= 0.3 is 12.0 Å². The van der Waals surface area contributed by atoms with E-state index in [2.05, 4.69) is 10.6 Å². The lowest BCUT2D eigenvalue weighted by atomic mass is 10.1. The molecule has 0 aliphatic rings. The molecule has 148 valence electrons. The summed E-state index contributed by atoms with van der Waals surface area (Å²) < 4.78 is 5.15. The summed E-state index contributed by atoms with van der Waals surface area (Å²) in [5.41, 5.74) is 1.31. The smallest absolute Gasteiger partial charge is 0.329 e. The van der Waals surface area contributed by atoms with Crippen molar-refractivity contribution in [1.29, 1.82) is 0 Å². The van der Waals surface area contributed by atoms with Crippen LogP contribution in [0.4, 0.5) is 16.2 Å². The molecule has 0 saturated heterocycles. The molecule has 0 fully saturated rings. The zero-order chi connectivity index (χ0) is 20.5. The van der Waals surface area contributed by atoms with E-state index in [1.165, 1.54) is 4.90 Å². The number of esters is 1. The van der Waals surface area contributed by atoms with Gasteiger partial charge in [-0.3, -0.25) is 4.79 Å². The van der Waals surface area contributed by atoms with Crippen LogP contribution >= 0.6 is 0 Å². The molecule has 3 amide bonds. The quantitative estimate of drug-likeness (QED) is 0.720. The van der Waals surface area contributed by atoms with Crippen molar-refractivity contribution in [2.24, 2.45) is 5.92 Å². The Hall–Kier alpha value is -3.35. The normalized spacial score (nSPS) is 11.4. The third-order valence-electron chi connectivity index (χ3n) is 4.09. The molecule has 0 saturated carbocycles. The number of amides is 3. The van der Waals surface area contributed by atoms with Crippen LogP contribution in [0.25, 0.3) is 0 Å².